The fraction of sp³-hybridized carbons (Fsp3) is 0.500. The van der Waals surface area contributed by atoms with Gasteiger partial charge in [-0.2, -0.15) is 9.61 Å². The van der Waals surface area contributed by atoms with E-state index in [9.17, 15) is 4.79 Å². The van der Waals surface area contributed by atoms with Crippen LogP contribution >= 0.6 is 12.4 Å². The highest BCUT2D eigenvalue weighted by Gasteiger charge is 2.37. The van der Waals surface area contributed by atoms with E-state index in [1.165, 1.54) is 0 Å². The molecule has 0 spiro atoms. The maximum Gasteiger partial charge on any atom is 0.230 e. The van der Waals surface area contributed by atoms with Crippen molar-refractivity contribution < 1.29 is 4.79 Å². The standard InChI is InChI=1S/C14H19N5O.ClH/c1-14(15)7-3-2-4-10(14)13(20)18-12-5-8-16-11-6-9-17-19(11)12;/h5-6,8-10H,2-4,7,15H2,1H3,(H,18,20);1H. The molecule has 0 radical (unpaired) electrons. The number of carbonyl (C=O) groups is 1. The number of nitrogens with two attached hydrogens (primary N) is 1. The molecule has 6 nitrogen and oxygen atoms in total. The van der Waals surface area contributed by atoms with Gasteiger partial charge in [0.15, 0.2) is 5.65 Å². The Morgan fingerprint density at radius 2 is 2.24 bits per heavy atom. The van der Waals surface area contributed by atoms with Crippen LogP contribution in [0, 0.1) is 5.92 Å². The van der Waals surface area contributed by atoms with E-state index in [0.717, 1.165) is 25.7 Å². The first-order chi connectivity index (χ1) is 9.58. The number of anilines is 1. The number of halogens is 1. The van der Waals surface area contributed by atoms with Gasteiger partial charge in [-0.05, 0) is 25.8 Å². The van der Waals surface area contributed by atoms with E-state index in [-0.39, 0.29) is 24.2 Å². The van der Waals surface area contributed by atoms with Crippen molar-refractivity contribution in [3.8, 4) is 0 Å². The lowest BCUT2D eigenvalue weighted by molar-refractivity contribution is -0.122. The van der Waals surface area contributed by atoms with E-state index < -0.39 is 5.54 Å². The first kappa shape index (κ1) is 15.7. The average molecular weight is 310 g/mol. The summed E-state index contributed by atoms with van der Waals surface area (Å²) in [7, 11) is 0. The third-order valence-electron chi connectivity index (χ3n) is 4.11. The molecule has 0 bridgehead atoms. The van der Waals surface area contributed by atoms with Crippen LogP contribution < -0.4 is 11.1 Å². The van der Waals surface area contributed by atoms with Gasteiger partial charge >= 0.3 is 0 Å². The summed E-state index contributed by atoms with van der Waals surface area (Å²) in [6.07, 6.45) is 7.19. The van der Waals surface area contributed by atoms with Crippen molar-refractivity contribution >= 4 is 29.8 Å². The van der Waals surface area contributed by atoms with Crippen LogP contribution in [0.2, 0.25) is 0 Å². The van der Waals surface area contributed by atoms with Gasteiger partial charge in [0.25, 0.3) is 0 Å². The Kier molecular flexibility index (Phi) is 4.49. The SMILES string of the molecule is CC1(N)CCCCC1C(=O)Nc1ccnc2ccnn12.Cl. The number of amides is 1. The highest BCUT2D eigenvalue weighted by Crippen LogP contribution is 2.32. The lowest BCUT2D eigenvalue weighted by Crippen LogP contribution is -2.51. The van der Waals surface area contributed by atoms with Crippen LogP contribution in [-0.4, -0.2) is 26.0 Å². The Labute approximate surface area is 129 Å². The first-order valence-electron chi connectivity index (χ1n) is 6.96. The molecule has 1 aliphatic rings. The normalized spacial score (nSPS) is 25.3. The first-order valence-corrected chi connectivity index (χ1v) is 6.96. The molecule has 1 aliphatic carbocycles. The zero-order chi connectivity index (χ0) is 14.2. The van der Waals surface area contributed by atoms with Gasteiger partial charge in [-0.1, -0.05) is 12.8 Å². The van der Waals surface area contributed by atoms with Crippen LogP contribution in [0.4, 0.5) is 5.82 Å². The fourth-order valence-electron chi connectivity index (χ4n) is 2.93. The number of nitrogens with one attached hydrogen (secondary N) is 1. The van der Waals surface area contributed by atoms with Gasteiger partial charge in [0.2, 0.25) is 5.91 Å². The van der Waals surface area contributed by atoms with Gasteiger partial charge in [0.05, 0.1) is 12.1 Å². The van der Waals surface area contributed by atoms with E-state index >= 15 is 0 Å². The summed E-state index contributed by atoms with van der Waals surface area (Å²) in [6, 6.07) is 3.54. The van der Waals surface area contributed by atoms with E-state index in [1.54, 1.807) is 29.0 Å². The molecule has 2 aromatic rings. The van der Waals surface area contributed by atoms with Crippen molar-refractivity contribution in [3.05, 3.63) is 24.5 Å². The van der Waals surface area contributed by atoms with Crippen molar-refractivity contribution in [3.63, 3.8) is 0 Å². The molecule has 2 aromatic heterocycles. The summed E-state index contributed by atoms with van der Waals surface area (Å²) in [5.74, 6) is 0.444. The molecule has 0 saturated heterocycles. The number of nitrogens with zero attached hydrogens (tertiary/aromatic N) is 3. The van der Waals surface area contributed by atoms with Crippen LogP contribution in [0.5, 0.6) is 0 Å². The van der Waals surface area contributed by atoms with Crippen LogP contribution in [0.15, 0.2) is 24.5 Å². The van der Waals surface area contributed by atoms with Crippen LogP contribution in [-0.2, 0) is 4.79 Å². The number of rotatable bonds is 2. The third kappa shape index (κ3) is 3.01. The lowest BCUT2D eigenvalue weighted by atomic mass is 9.74. The molecule has 1 amide bonds. The summed E-state index contributed by atoms with van der Waals surface area (Å²) >= 11 is 0. The highest BCUT2D eigenvalue weighted by molar-refractivity contribution is 5.93. The molecule has 3 N–H and O–H groups in total. The minimum atomic E-state index is -0.432. The second-order valence-corrected chi connectivity index (χ2v) is 5.72. The number of fused-ring (bicyclic) bond motifs is 1. The van der Waals surface area contributed by atoms with Crippen LogP contribution in [0.3, 0.4) is 0 Å². The lowest BCUT2D eigenvalue weighted by Gasteiger charge is -2.37. The Hall–Kier alpha value is -1.66. The topological polar surface area (TPSA) is 85.3 Å². The Morgan fingerprint density at radius 1 is 1.43 bits per heavy atom. The van der Waals surface area contributed by atoms with Gasteiger partial charge < -0.3 is 11.1 Å². The Balaban J connectivity index is 0.00000161. The minimum absolute atomic E-state index is 0. The molecule has 0 aliphatic heterocycles. The molecule has 114 valence electrons. The number of aromatic nitrogens is 3. The number of carbonyl (C=O) groups excluding carboxylic acids is 1. The minimum Gasteiger partial charge on any atom is -0.325 e. The quantitative estimate of drug-likeness (QED) is 0.888. The van der Waals surface area contributed by atoms with Gasteiger partial charge in [0, 0.05) is 17.8 Å². The summed E-state index contributed by atoms with van der Waals surface area (Å²) < 4.78 is 1.62. The molecule has 2 unspecified atom stereocenters. The van der Waals surface area contributed by atoms with Gasteiger partial charge in [-0.3, -0.25) is 4.79 Å². The molecule has 2 atom stereocenters. The molecule has 21 heavy (non-hydrogen) atoms. The van der Waals surface area contributed by atoms with E-state index in [4.69, 9.17) is 5.73 Å². The predicted molar refractivity (Wildman–Crippen MR) is 83.4 cm³/mol. The molecule has 7 heteroatoms. The van der Waals surface area contributed by atoms with Gasteiger partial charge in [0.1, 0.15) is 5.82 Å². The molecular weight excluding hydrogens is 290 g/mol. The zero-order valence-electron chi connectivity index (χ0n) is 12.0. The molecule has 1 fully saturated rings. The molecular formula is C14H20ClN5O. The van der Waals surface area contributed by atoms with Gasteiger partial charge in [-0.15, -0.1) is 12.4 Å². The highest BCUT2D eigenvalue weighted by atomic mass is 35.5. The molecule has 3 rings (SSSR count). The number of hydrogen-bond donors (Lipinski definition) is 2. The van der Waals surface area contributed by atoms with Crippen molar-refractivity contribution in [1.29, 1.82) is 0 Å². The monoisotopic (exact) mass is 309 g/mol. The molecule has 2 heterocycles. The summed E-state index contributed by atoms with van der Waals surface area (Å²) in [5, 5.41) is 7.10. The van der Waals surface area contributed by atoms with Crippen molar-refractivity contribution in [2.75, 3.05) is 5.32 Å². The summed E-state index contributed by atoms with van der Waals surface area (Å²) in [4.78, 5) is 16.7. The second-order valence-electron chi connectivity index (χ2n) is 5.72. The number of hydrogen-bond acceptors (Lipinski definition) is 4. The second kappa shape index (κ2) is 5.99. The van der Waals surface area contributed by atoms with Crippen molar-refractivity contribution in [2.24, 2.45) is 11.7 Å². The molecule has 0 aromatic carbocycles. The predicted octanol–water partition coefficient (Wildman–Crippen LogP) is 2.00. The van der Waals surface area contributed by atoms with E-state index in [0.29, 0.717) is 11.5 Å². The average Bonchev–Trinajstić information content (AvgIpc) is 2.87. The maximum atomic E-state index is 12.5. The fourth-order valence-corrected chi connectivity index (χ4v) is 2.93. The smallest absolute Gasteiger partial charge is 0.230 e. The molecule has 1 saturated carbocycles. The zero-order valence-corrected chi connectivity index (χ0v) is 12.8. The summed E-state index contributed by atoms with van der Waals surface area (Å²) in [6.45, 7) is 1.96. The van der Waals surface area contributed by atoms with Gasteiger partial charge in [-0.25, -0.2) is 4.98 Å². The Bertz CT molecular complexity index is 639. The largest absolute Gasteiger partial charge is 0.325 e. The van der Waals surface area contributed by atoms with Crippen molar-refractivity contribution in [2.45, 2.75) is 38.1 Å². The Morgan fingerprint density at radius 3 is 3.00 bits per heavy atom. The van der Waals surface area contributed by atoms with Crippen molar-refractivity contribution in [1.82, 2.24) is 14.6 Å². The van der Waals surface area contributed by atoms with E-state index in [2.05, 4.69) is 15.4 Å². The van der Waals surface area contributed by atoms with Crippen LogP contribution in [0.25, 0.3) is 5.65 Å². The van der Waals surface area contributed by atoms with Crippen LogP contribution in [0.1, 0.15) is 32.6 Å². The summed E-state index contributed by atoms with van der Waals surface area (Å²) in [5.41, 5.74) is 6.55. The van der Waals surface area contributed by atoms with E-state index in [1.807, 2.05) is 6.92 Å². The maximum absolute atomic E-state index is 12.5. The third-order valence-corrected chi connectivity index (χ3v) is 4.11.